The lowest BCUT2D eigenvalue weighted by molar-refractivity contribution is -0.126. The van der Waals surface area contributed by atoms with E-state index in [4.69, 9.17) is 10.5 Å². The molecule has 3 N–H and O–H groups in total. The van der Waals surface area contributed by atoms with Crippen molar-refractivity contribution in [1.29, 1.82) is 0 Å². The molecule has 1 aliphatic carbocycles. The molecule has 0 saturated heterocycles. The van der Waals surface area contributed by atoms with Gasteiger partial charge in [0.1, 0.15) is 5.75 Å². The summed E-state index contributed by atoms with van der Waals surface area (Å²) in [4.78, 5) is 14.4. The number of benzene rings is 1. The van der Waals surface area contributed by atoms with Gasteiger partial charge in [-0.1, -0.05) is 18.6 Å². The third kappa shape index (κ3) is 9.08. The number of hydrogen-bond donors (Lipinski definition) is 2. The molecule has 2 rings (SSSR count). The first-order valence-corrected chi connectivity index (χ1v) is 8.94. The highest BCUT2D eigenvalue weighted by Crippen LogP contribution is 2.23. The van der Waals surface area contributed by atoms with Gasteiger partial charge in [0, 0.05) is 25.0 Å². The molecule has 2 atom stereocenters. The average molecular weight is 406 g/mol. The van der Waals surface area contributed by atoms with Crippen molar-refractivity contribution >= 4 is 30.7 Å². The fourth-order valence-electron chi connectivity index (χ4n) is 3.07. The molecule has 0 bridgehead atoms. The van der Waals surface area contributed by atoms with Crippen LogP contribution < -0.4 is 15.8 Å². The molecule has 0 aliphatic heterocycles. The summed E-state index contributed by atoms with van der Waals surface area (Å²) in [5.41, 5.74) is 7.04. The van der Waals surface area contributed by atoms with Crippen LogP contribution in [0.2, 0.25) is 0 Å². The molecule has 26 heavy (non-hydrogen) atoms. The molecular weight excluding hydrogens is 373 g/mol. The summed E-state index contributed by atoms with van der Waals surface area (Å²) in [5.74, 6) is 1.09. The van der Waals surface area contributed by atoms with Crippen LogP contribution in [-0.4, -0.2) is 44.1 Å². The number of nitrogens with one attached hydrogen (secondary N) is 1. The molecule has 0 spiro atoms. The lowest BCUT2D eigenvalue weighted by Gasteiger charge is -2.25. The fraction of sp³-hybridized carbons (Fsp3) is 0.632. The van der Waals surface area contributed by atoms with Gasteiger partial charge < -0.3 is 20.7 Å². The van der Waals surface area contributed by atoms with E-state index >= 15 is 0 Å². The molecule has 1 aromatic rings. The highest BCUT2D eigenvalue weighted by Gasteiger charge is 2.24. The lowest BCUT2D eigenvalue weighted by Crippen LogP contribution is -2.37. The van der Waals surface area contributed by atoms with Crippen molar-refractivity contribution in [3.8, 4) is 5.75 Å². The molecule has 0 aromatic heterocycles. The molecule has 150 valence electrons. The Balaban J connectivity index is 0.00000312. The van der Waals surface area contributed by atoms with Gasteiger partial charge in [0.15, 0.2) is 0 Å². The molecule has 5 nitrogen and oxygen atoms in total. The van der Waals surface area contributed by atoms with E-state index in [1.54, 1.807) is 0 Å². The Morgan fingerprint density at radius 2 is 1.92 bits per heavy atom. The number of ether oxygens (including phenoxy) is 1. The maximum absolute atomic E-state index is 12.2. The Morgan fingerprint density at radius 1 is 1.23 bits per heavy atom. The number of carbonyl (C=O) groups is 1. The van der Waals surface area contributed by atoms with Crippen LogP contribution in [-0.2, 0) is 11.3 Å². The second-order valence-corrected chi connectivity index (χ2v) is 6.99. The van der Waals surface area contributed by atoms with Crippen LogP contribution in [0.5, 0.6) is 5.75 Å². The van der Waals surface area contributed by atoms with Gasteiger partial charge >= 0.3 is 0 Å². The zero-order valence-corrected chi connectivity index (χ0v) is 17.4. The van der Waals surface area contributed by atoms with Crippen LogP contribution in [0.3, 0.4) is 0 Å². The third-order valence-corrected chi connectivity index (χ3v) is 4.49. The summed E-state index contributed by atoms with van der Waals surface area (Å²) in [6.07, 6.45) is 4.87. The first-order valence-electron chi connectivity index (χ1n) is 8.94. The Morgan fingerprint density at radius 3 is 2.54 bits per heavy atom. The van der Waals surface area contributed by atoms with E-state index < -0.39 is 0 Å². The molecule has 1 fully saturated rings. The molecule has 1 amide bonds. The van der Waals surface area contributed by atoms with E-state index in [9.17, 15) is 4.79 Å². The predicted molar refractivity (Wildman–Crippen MR) is 111 cm³/mol. The number of carbonyl (C=O) groups excluding carboxylic acids is 1. The van der Waals surface area contributed by atoms with Crippen LogP contribution in [0, 0.1) is 5.92 Å². The zero-order valence-electron chi connectivity index (χ0n) is 15.8. The minimum atomic E-state index is 0. The monoisotopic (exact) mass is 405 g/mol. The summed E-state index contributed by atoms with van der Waals surface area (Å²) in [6, 6.07) is 8.13. The van der Waals surface area contributed by atoms with Crippen LogP contribution >= 0.6 is 24.8 Å². The highest BCUT2D eigenvalue weighted by molar-refractivity contribution is 5.85. The van der Waals surface area contributed by atoms with E-state index in [0.717, 1.165) is 56.6 Å². The summed E-state index contributed by atoms with van der Waals surface area (Å²) in [7, 11) is 4.12. The molecule has 1 aliphatic rings. The van der Waals surface area contributed by atoms with Gasteiger partial charge in [-0.25, -0.2) is 0 Å². The standard InChI is InChI=1S/C19H31N3O2.2ClH/c1-22(2)11-4-12-24-18-9-7-15(8-10-18)14-21-19(23)16-5-3-6-17(20)13-16;;/h7-10,16-17H,3-6,11-14,20H2,1-2H3,(H,21,23);2*1H. The first-order chi connectivity index (χ1) is 11.5. The molecule has 2 unspecified atom stereocenters. The molecule has 7 heteroatoms. The van der Waals surface area contributed by atoms with E-state index in [0.29, 0.717) is 6.54 Å². The number of nitrogens with two attached hydrogens (primary N) is 1. The van der Waals surface area contributed by atoms with Crippen LogP contribution in [0.15, 0.2) is 24.3 Å². The van der Waals surface area contributed by atoms with Crippen molar-refractivity contribution in [2.45, 2.75) is 44.7 Å². The average Bonchev–Trinajstić information content (AvgIpc) is 2.57. The summed E-state index contributed by atoms with van der Waals surface area (Å²) < 4.78 is 5.72. The Bertz CT molecular complexity index is 512. The topological polar surface area (TPSA) is 67.6 Å². The van der Waals surface area contributed by atoms with Gasteiger partial charge in [-0.2, -0.15) is 0 Å². The van der Waals surface area contributed by atoms with Gasteiger partial charge in [0.05, 0.1) is 6.61 Å². The Labute approximate surface area is 169 Å². The van der Waals surface area contributed by atoms with Crippen molar-refractivity contribution in [2.24, 2.45) is 11.7 Å². The number of rotatable bonds is 8. The smallest absolute Gasteiger partial charge is 0.223 e. The van der Waals surface area contributed by atoms with Gasteiger partial charge in [0.2, 0.25) is 5.91 Å². The zero-order chi connectivity index (χ0) is 17.4. The Kier molecular flexibility index (Phi) is 12.7. The summed E-state index contributed by atoms with van der Waals surface area (Å²) in [5, 5.41) is 3.03. The number of halogens is 2. The molecule has 1 saturated carbocycles. The van der Waals surface area contributed by atoms with Crippen molar-refractivity contribution in [2.75, 3.05) is 27.2 Å². The van der Waals surface area contributed by atoms with E-state index in [1.165, 1.54) is 0 Å². The molecule has 1 aromatic carbocycles. The van der Waals surface area contributed by atoms with Crippen LogP contribution in [0.4, 0.5) is 0 Å². The molecular formula is C19H33Cl2N3O2. The van der Waals surface area contributed by atoms with E-state index in [1.807, 2.05) is 24.3 Å². The van der Waals surface area contributed by atoms with Gasteiger partial charge in [-0.3, -0.25) is 4.79 Å². The summed E-state index contributed by atoms with van der Waals surface area (Å²) >= 11 is 0. The second kappa shape index (κ2) is 13.2. The third-order valence-electron chi connectivity index (χ3n) is 4.49. The highest BCUT2D eigenvalue weighted by atomic mass is 35.5. The normalized spacial score (nSPS) is 19.2. The maximum Gasteiger partial charge on any atom is 0.223 e. The van der Waals surface area contributed by atoms with Crippen molar-refractivity contribution in [3.05, 3.63) is 29.8 Å². The van der Waals surface area contributed by atoms with Gasteiger partial charge in [-0.05, 0) is 57.5 Å². The van der Waals surface area contributed by atoms with Crippen LogP contribution in [0.25, 0.3) is 0 Å². The minimum absolute atomic E-state index is 0. The largest absolute Gasteiger partial charge is 0.494 e. The van der Waals surface area contributed by atoms with Crippen molar-refractivity contribution < 1.29 is 9.53 Å². The van der Waals surface area contributed by atoms with E-state index in [2.05, 4.69) is 24.3 Å². The second-order valence-electron chi connectivity index (χ2n) is 6.99. The first kappa shape index (κ1) is 25.0. The number of hydrogen-bond acceptors (Lipinski definition) is 4. The predicted octanol–water partition coefficient (Wildman–Crippen LogP) is 2.99. The molecule has 0 heterocycles. The quantitative estimate of drug-likeness (QED) is 0.652. The fourth-order valence-corrected chi connectivity index (χ4v) is 3.07. The van der Waals surface area contributed by atoms with Crippen molar-refractivity contribution in [1.82, 2.24) is 10.2 Å². The lowest BCUT2D eigenvalue weighted by atomic mass is 9.85. The van der Waals surface area contributed by atoms with Crippen LogP contribution in [0.1, 0.15) is 37.7 Å². The molecule has 0 radical (unpaired) electrons. The number of nitrogens with zero attached hydrogens (tertiary/aromatic N) is 1. The van der Waals surface area contributed by atoms with Gasteiger partial charge in [0.25, 0.3) is 0 Å². The Hall–Kier alpha value is -1.01. The van der Waals surface area contributed by atoms with Crippen molar-refractivity contribution in [3.63, 3.8) is 0 Å². The summed E-state index contributed by atoms with van der Waals surface area (Å²) in [6.45, 7) is 2.30. The van der Waals surface area contributed by atoms with E-state index in [-0.39, 0.29) is 42.7 Å². The minimum Gasteiger partial charge on any atom is -0.494 e. The maximum atomic E-state index is 12.2. The van der Waals surface area contributed by atoms with Gasteiger partial charge in [-0.15, -0.1) is 24.8 Å². The SMILES string of the molecule is CN(C)CCCOc1ccc(CNC(=O)C2CCCC(N)C2)cc1.Cl.Cl. The number of amides is 1.